The second-order valence-corrected chi connectivity index (χ2v) is 7.57. The van der Waals surface area contributed by atoms with E-state index in [1.165, 1.54) is 55.9 Å². The molecule has 1 aromatic carbocycles. The number of benzene rings is 1. The van der Waals surface area contributed by atoms with Crippen LogP contribution in [0.15, 0.2) is 24.3 Å². The Balaban J connectivity index is 1.47. The van der Waals surface area contributed by atoms with Crippen molar-refractivity contribution in [2.75, 3.05) is 13.1 Å². The third kappa shape index (κ3) is 3.50. The summed E-state index contributed by atoms with van der Waals surface area (Å²) in [6.07, 6.45) is 7.39. The van der Waals surface area contributed by atoms with E-state index < -0.39 is 0 Å². The molecule has 4 nitrogen and oxygen atoms in total. The highest BCUT2D eigenvalue weighted by molar-refractivity contribution is 6.30. The zero-order valence-electron chi connectivity index (χ0n) is 14.1. The Morgan fingerprint density at radius 2 is 1.88 bits per heavy atom. The molecule has 1 unspecified atom stereocenters. The van der Waals surface area contributed by atoms with Gasteiger partial charge in [0, 0.05) is 37.0 Å². The summed E-state index contributed by atoms with van der Waals surface area (Å²) in [7, 11) is 0. The van der Waals surface area contributed by atoms with Gasteiger partial charge in [0.1, 0.15) is 11.6 Å². The molecule has 1 atom stereocenters. The molecular weight excluding hydrogens is 320 g/mol. The molecule has 0 spiro atoms. The fourth-order valence-corrected chi connectivity index (χ4v) is 4.19. The molecule has 1 aromatic heterocycles. The van der Waals surface area contributed by atoms with Gasteiger partial charge in [-0.1, -0.05) is 30.2 Å². The maximum atomic E-state index is 5.99. The van der Waals surface area contributed by atoms with Crippen molar-refractivity contribution in [3.8, 4) is 0 Å². The van der Waals surface area contributed by atoms with E-state index in [2.05, 4.69) is 31.8 Å². The number of hydrogen-bond acceptors (Lipinski definition) is 3. The van der Waals surface area contributed by atoms with Gasteiger partial charge in [0.25, 0.3) is 0 Å². The number of aromatic nitrogens is 3. The molecule has 0 bridgehead atoms. The van der Waals surface area contributed by atoms with Gasteiger partial charge in [-0.2, -0.15) is 0 Å². The molecule has 1 fully saturated rings. The molecule has 5 heteroatoms. The lowest BCUT2D eigenvalue weighted by Crippen LogP contribution is -2.35. The molecule has 4 rings (SSSR count). The summed E-state index contributed by atoms with van der Waals surface area (Å²) >= 11 is 5.99. The lowest BCUT2D eigenvalue weighted by molar-refractivity contribution is 0.194. The molecule has 0 amide bonds. The van der Waals surface area contributed by atoms with Crippen LogP contribution in [-0.2, 0) is 19.5 Å². The summed E-state index contributed by atoms with van der Waals surface area (Å²) in [5.41, 5.74) is 1.33. The fraction of sp³-hybridized carbons (Fsp3) is 0.579. The van der Waals surface area contributed by atoms with Gasteiger partial charge in [-0.15, -0.1) is 10.2 Å². The first-order valence-electron chi connectivity index (χ1n) is 9.18. The lowest BCUT2D eigenvalue weighted by atomic mass is 9.96. The van der Waals surface area contributed by atoms with E-state index >= 15 is 0 Å². The van der Waals surface area contributed by atoms with Crippen molar-refractivity contribution >= 4 is 11.6 Å². The molecule has 0 saturated carbocycles. The number of halogens is 1. The summed E-state index contributed by atoms with van der Waals surface area (Å²) < 4.78 is 2.42. The SMILES string of the molecule is Clc1ccc(CN2CCCC(c3nnc4n3CCCCC4)C2)cc1. The number of aryl methyl sites for hydroxylation is 1. The van der Waals surface area contributed by atoms with Gasteiger partial charge in [-0.3, -0.25) is 4.90 Å². The maximum absolute atomic E-state index is 5.99. The first kappa shape index (κ1) is 16.1. The molecule has 3 heterocycles. The standard InChI is InChI=1S/C19H25ClN4/c20-17-9-7-15(8-10-17)13-23-11-4-5-16(14-23)19-22-21-18-6-2-1-3-12-24(18)19/h7-10,16H,1-6,11-14H2. The number of fused-ring (bicyclic) bond motifs is 1. The van der Waals surface area contributed by atoms with Gasteiger partial charge in [0.05, 0.1) is 0 Å². The number of rotatable bonds is 3. The van der Waals surface area contributed by atoms with Crippen LogP contribution < -0.4 is 0 Å². The highest BCUT2D eigenvalue weighted by Gasteiger charge is 2.27. The molecule has 2 aliphatic heterocycles. The van der Waals surface area contributed by atoms with Crippen LogP contribution in [0.4, 0.5) is 0 Å². The summed E-state index contributed by atoms with van der Waals surface area (Å²) in [6.45, 7) is 4.35. The molecule has 24 heavy (non-hydrogen) atoms. The largest absolute Gasteiger partial charge is 0.315 e. The van der Waals surface area contributed by atoms with Gasteiger partial charge in [0.2, 0.25) is 0 Å². The van der Waals surface area contributed by atoms with Crippen LogP contribution in [-0.4, -0.2) is 32.8 Å². The quantitative estimate of drug-likeness (QED) is 0.842. The van der Waals surface area contributed by atoms with Crippen LogP contribution in [0.5, 0.6) is 0 Å². The van der Waals surface area contributed by atoms with E-state index in [9.17, 15) is 0 Å². The topological polar surface area (TPSA) is 34.0 Å². The molecule has 1 saturated heterocycles. The highest BCUT2D eigenvalue weighted by Crippen LogP contribution is 2.28. The van der Waals surface area contributed by atoms with Crippen molar-refractivity contribution in [2.24, 2.45) is 0 Å². The molecule has 2 aliphatic rings. The maximum Gasteiger partial charge on any atom is 0.137 e. The monoisotopic (exact) mass is 344 g/mol. The van der Waals surface area contributed by atoms with Crippen LogP contribution in [0.25, 0.3) is 0 Å². The average molecular weight is 345 g/mol. The molecule has 128 valence electrons. The van der Waals surface area contributed by atoms with Crippen LogP contribution in [0.3, 0.4) is 0 Å². The minimum atomic E-state index is 0.519. The van der Waals surface area contributed by atoms with E-state index in [0.29, 0.717) is 5.92 Å². The van der Waals surface area contributed by atoms with Crippen LogP contribution in [0.2, 0.25) is 5.02 Å². The van der Waals surface area contributed by atoms with E-state index in [-0.39, 0.29) is 0 Å². The van der Waals surface area contributed by atoms with E-state index in [4.69, 9.17) is 11.6 Å². The molecule has 2 aromatic rings. The molecular formula is C19H25ClN4. The van der Waals surface area contributed by atoms with Gasteiger partial charge < -0.3 is 4.57 Å². The van der Waals surface area contributed by atoms with Gasteiger partial charge in [-0.25, -0.2) is 0 Å². The van der Waals surface area contributed by atoms with Gasteiger partial charge in [-0.05, 0) is 49.9 Å². The second-order valence-electron chi connectivity index (χ2n) is 7.14. The Kier molecular flexibility index (Phi) is 4.86. The van der Waals surface area contributed by atoms with Crippen LogP contribution in [0, 0.1) is 0 Å². The summed E-state index contributed by atoms with van der Waals surface area (Å²) in [6, 6.07) is 8.23. The van der Waals surface area contributed by atoms with Crippen LogP contribution >= 0.6 is 11.6 Å². The van der Waals surface area contributed by atoms with Crippen molar-refractivity contribution < 1.29 is 0 Å². The number of nitrogens with zero attached hydrogens (tertiary/aromatic N) is 4. The zero-order chi connectivity index (χ0) is 16.4. The first-order chi connectivity index (χ1) is 11.8. The van der Waals surface area contributed by atoms with Crippen molar-refractivity contribution in [1.82, 2.24) is 19.7 Å². The predicted octanol–water partition coefficient (Wildman–Crippen LogP) is 4.04. The summed E-state index contributed by atoms with van der Waals surface area (Å²) in [5, 5.41) is 9.88. The minimum absolute atomic E-state index is 0.519. The van der Waals surface area contributed by atoms with Crippen molar-refractivity contribution in [3.05, 3.63) is 46.5 Å². The third-order valence-electron chi connectivity index (χ3n) is 5.33. The predicted molar refractivity (Wildman–Crippen MR) is 96.3 cm³/mol. The molecule has 0 radical (unpaired) electrons. The van der Waals surface area contributed by atoms with Gasteiger partial charge in [0.15, 0.2) is 0 Å². The van der Waals surface area contributed by atoms with Crippen molar-refractivity contribution in [2.45, 2.75) is 57.5 Å². The Bertz CT molecular complexity index is 679. The Morgan fingerprint density at radius 1 is 1.00 bits per heavy atom. The third-order valence-corrected chi connectivity index (χ3v) is 5.58. The highest BCUT2D eigenvalue weighted by atomic mass is 35.5. The van der Waals surface area contributed by atoms with E-state index in [1.54, 1.807) is 0 Å². The lowest BCUT2D eigenvalue weighted by Gasteiger charge is -2.32. The molecule has 0 aliphatic carbocycles. The first-order valence-corrected chi connectivity index (χ1v) is 9.56. The van der Waals surface area contributed by atoms with E-state index in [1.807, 2.05) is 12.1 Å². The minimum Gasteiger partial charge on any atom is -0.315 e. The second kappa shape index (κ2) is 7.24. The normalized spacial score (nSPS) is 22.1. The average Bonchev–Trinajstić information content (AvgIpc) is 2.86. The van der Waals surface area contributed by atoms with E-state index in [0.717, 1.165) is 31.1 Å². The number of hydrogen-bond donors (Lipinski definition) is 0. The zero-order valence-corrected chi connectivity index (χ0v) is 14.9. The Labute approximate surface area is 148 Å². The van der Waals surface area contributed by atoms with Gasteiger partial charge >= 0.3 is 0 Å². The number of piperidine rings is 1. The van der Waals surface area contributed by atoms with Crippen molar-refractivity contribution in [1.29, 1.82) is 0 Å². The smallest absolute Gasteiger partial charge is 0.137 e. The van der Waals surface area contributed by atoms with Crippen molar-refractivity contribution in [3.63, 3.8) is 0 Å². The molecule has 0 N–H and O–H groups in total. The fourth-order valence-electron chi connectivity index (χ4n) is 4.07. The summed E-state index contributed by atoms with van der Waals surface area (Å²) in [4.78, 5) is 2.55. The Morgan fingerprint density at radius 3 is 2.75 bits per heavy atom. The number of likely N-dealkylation sites (tertiary alicyclic amines) is 1. The Hall–Kier alpha value is -1.39. The van der Waals surface area contributed by atoms with Crippen LogP contribution in [0.1, 0.15) is 55.2 Å². The summed E-state index contributed by atoms with van der Waals surface area (Å²) in [5.74, 6) is 2.95.